The van der Waals surface area contributed by atoms with E-state index in [0.717, 1.165) is 56.9 Å². The monoisotopic (exact) mass is 654 g/mol. The highest BCUT2D eigenvalue weighted by atomic mass is 16.5. The molecule has 8 nitrogen and oxygen atoms in total. The summed E-state index contributed by atoms with van der Waals surface area (Å²) >= 11 is 0. The van der Waals surface area contributed by atoms with Crippen molar-refractivity contribution in [1.82, 2.24) is 10.6 Å². The molecule has 5 rings (SSSR count). The summed E-state index contributed by atoms with van der Waals surface area (Å²) in [5.74, 6) is -0.00745. The molecular weight excluding hydrogens is 592 g/mol. The Kier molecular flexibility index (Phi) is 8.87. The zero-order valence-electron chi connectivity index (χ0n) is 31.0. The number of hydrogen-bond donors (Lipinski definition) is 3. The number of Topliss-reactive ketones (excluding diaryl/α,β-unsaturated/α-hetero) is 1. The topological polar surface area (TPSA) is 122 Å². The zero-order valence-corrected chi connectivity index (χ0v) is 31.0. The van der Waals surface area contributed by atoms with E-state index in [1.807, 2.05) is 13.8 Å². The summed E-state index contributed by atoms with van der Waals surface area (Å²) in [5.41, 5.74) is 0.293. The lowest BCUT2D eigenvalue weighted by Gasteiger charge is -2.72. The van der Waals surface area contributed by atoms with Crippen molar-refractivity contribution in [3.05, 3.63) is 11.1 Å². The first kappa shape index (κ1) is 35.9. The Bertz CT molecular complexity index is 1360. The number of ether oxygens (including phenoxy) is 1. The van der Waals surface area contributed by atoms with Crippen LogP contribution in [0.3, 0.4) is 0 Å². The number of aliphatic carboxylic acids is 1. The van der Waals surface area contributed by atoms with Crippen LogP contribution in [0.5, 0.6) is 0 Å². The molecule has 8 atom stereocenters. The van der Waals surface area contributed by atoms with Crippen LogP contribution in [0.15, 0.2) is 11.1 Å². The molecule has 0 heterocycles. The predicted octanol–water partition coefficient (Wildman–Crippen LogP) is 7.84. The number of fused-ring (bicyclic) bond motifs is 7. The molecule has 0 radical (unpaired) electrons. The summed E-state index contributed by atoms with van der Waals surface area (Å²) in [4.78, 5) is 51.7. The molecule has 4 saturated carbocycles. The van der Waals surface area contributed by atoms with Crippen LogP contribution in [0.2, 0.25) is 0 Å². The van der Waals surface area contributed by atoms with Gasteiger partial charge in [0.25, 0.3) is 0 Å². The van der Waals surface area contributed by atoms with Crippen molar-refractivity contribution >= 4 is 23.8 Å². The van der Waals surface area contributed by atoms with Gasteiger partial charge in [-0.1, -0.05) is 48.5 Å². The van der Waals surface area contributed by atoms with Crippen molar-refractivity contribution in [3.63, 3.8) is 0 Å². The molecule has 3 N–H and O–H groups in total. The van der Waals surface area contributed by atoms with E-state index in [2.05, 4.69) is 59.1 Å². The van der Waals surface area contributed by atoms with Gasteiger partial charge in [-0.3, -0.25) is 14.4 Å². The van der Waals surface area contributed by atoms with Crippen LogP contribution in [0, 0.1) is 50.7 Å². The molecular formula is C39H62N2O6. The second-order valence-corrected chi connectivity index (χ2v) is 18.7. The summed E-state index contributed by atoms with van der Waals surface area (Å²) in [6.45, 7) is 23.4. The molecule has 3 unspecified atom stereocenters. The SMILES string of the molecule is CC(C)NC(=O)N[C@@]12CC[C@]3(C)C(CCC4[C@@]5(C)CC[C@H](OC(=O)CC(C)(C)C(=O)O)C(C)(C)C5CC[C@]43C)C1=C(C(C)C)C(=O)C2. The zero-order chi connectivity index (χ0) is 35.1. The highest BCUT2D eigenvalue weighted by Crippen LogP contribution is 2.75. The lowest BCUT2D eigenvalue weighted by molar-refractivity contribution is -0.232. The minimum Gasteiger partial charge on any atom is -0.481 e. The fourth-order valence-corrected chi connectivity index (χ4v) is 12.1. The van der Waals surface area contributed by atoms with Gasteiger partial charge >= 0.3 is 18.0 Å². The van der Waals surface area contributed by atoms with Gasteiger partial charge in [0.05, 0.1) is 17.4 Å². The van der Waals surface area contributed by atoms with Gasteiger partial charge in [0.15, 0.2) is 5.78 Å². The first-order chi connectivity index (χ1) is 21.6. The third kappa shape index (κ3) is 5.46. The maximum Gasteiger partial charge on any atom is 0.315 e. The maximum absolute atomic E-state index is 13.8. The molecule has 264 valence electrons. The summed E-state index contributed by atoms with van der Waals surface area (Å²) < 4.78 is 6.13. The Hall–Kier alpha value is -2.38. The van der Waals surface area contributed by atoms with E-state index in [4.69, 9.17) is 4.74 Å². The molecule has 4 fully saturated rings. The number of nitrogens with one attached hydrogen (secondary N) is 2. The van der Waals surface area contributed by atoms with E-state index >= 15 is 0 Å². The number of ketones is 1. The van der Waals surface area contributed by atoms with Crippen molar-refractivity contribution in [2.24, 2.45) is 50.7 Å². The Morgan fingerprint density at radius 1 is 0.894 bits per heavy atom. The summed E-state index contributed by atoms with van der Waals surface area (Å²) in [5, 5.41) is 16.0. The van der Waals surface area contributed by atoms with Gasteiger partial charge in [0.2, 0.25) is 0 Å². The van der Waals surface area contributed by atoms with Crippen LogP contribution < -0.4 is 10.6 Å². The molecule has 8 heteroatoms. The largest absolute Gasteiger partial charge is 0.481 e. The normalized spacial score (nSPS) is 39.5. The number of carboxylic acids is 1. The highest BCUT2D eigenvalue weighted by molar-refractivity contribution is 6.02. The third-order valence-corrected chi connectivity index (χ3v) is 14.6. The number of carbonyl (C=O) groups excluding carboxylic acids is 3. The first-order valence-corrected chi connectivity index (χ1v) is 18.3. The van der Waals surface area contributed by atoms with Crippen LogP contribution >= 0.6 is 0 Å². The van der Waals surface area contributed by atoms with Crippen molar-refractivity contribution in [2.45, 2.75) is 158 Å². The van der Waals surface area contributed by atoms with Crippen molar-refractivity contribution in [3.8, 4) is 0 Å². The number of carboxylic acid groups (broad SMARTS) is 1. The van der Waals surface area contributed by atoms with E-state index in [-0.39, 0.29) is 63.9 Å². The second-order valence-electron chi connectivity index (χ2n) is 18.7. The molecule has 5 aliphatic carbocycles. The van der Waals surface area contributed by atoms with Gasteiger partial charge in [-0.05, 0) is 130 Å². The molecule has 0 aliphatic heterocycles. The van der Waals surface area contributed by atoms with E-state index < -0.39 is 22.9 Å². The lowest BCUT2D eigenvalue weighted by Crippen LogP contribution is -2.67. The summed E-state index contributed by atoms with van der Waals surface area (Å²) in [6.07, 6.45) is 7.70. The molecule has 0 bridgehead atoms. The number of hydrogen-bond acceptors (Lipinski definition) is 5. The second kappa shape index (κ2) is 11.6. The Morgan fingerprint density at radius 2 is 1.55 bits per heavy atom. The van der Waals surface area contributed by atoms with Crippen molar-refractivity contribution in [2.75, 3.05) is 0 Å². The van der Waals surface area contributed by atoms with Gasteiger partial charge in [-0.25, -0.2) is 4.79 Å². The standard InChI is InChI=1S/C39H62N2O6/c1-22(2)30-25(42)20-39(41-33(46)40-23(3)4)19-18-37(10)24(31(30)39)12-13-27-36(9)16-15-28(47-29(43)21-34(5,6)32(44)45)35(7,8)26(36)14-17-38(27,37)11/h22-24,26-28H,12-21H2,1-11H3,(H,44,45)(H2,40,41,46)/t24?,26?,27?,28-,36-,37+,38+,39+/m0/s1. The summed E-state index contributed by atoms with van der Waals surface area (Å²) in [6, 6.07) is -0.169. The lowest BCUT2D eigenvalue weighted by atomic mass is 9.33. The number of carbonyl (C=O) groups is 4. The highest BCUT2D eigenvalue weighted by Gasteiger charge is 2.70. The van der Waals surface area contributed by atoms with Gasteiger partial charge in [-0.15, -0.1) is 0 Å². The fraction of sp³-hybridized carbons (Fsp3) is 0.846. The molecule has 0 aromatic heterocycles. The Labute approximate surface area is 283 Å². The number of allylic oxidation sites excluding steroid dienone is 1. The minimum absolute atomic E-state index is 0.0130. The van der Waals surface area contributed by atoms with Crippen molar-refractivity contribution < 1.29 is 29.0 Å². The molecule has 0 aromatic rings. The van der Waals surface area contributed by atoms with Gasteiger partial charge in [0, 0.05) is 17.9 Å². The predicted molar refractivity (Wildman–Crippen MR) is 182 cm³/mol. The average Bonchev–Trinajstić information content (AvgIpc) is 3.21. The molecule has 0 saturated heterocycles. The molecule has 0 spiro atoms. The molecule has 0 aromatic carbocycles. The van der Waals surface area contributed by atoms with E-state index in [1.165, 1.54) is 5.57 Å². The van der Waals surface area contributed by atoms with Crippen LogP contribution in [0.25, 0.3) is 0 Å². The maximum atomic E-state index is 13.8. The number of amides is 2. The number of rotatable bonds is 7. The first-order valence-electron chi connectivity index (χ1n) is 18.3. The van der Waals surface area contributed by atoms with Crippen LogP contribution in [0.4, 0.5) is 4.79 Å². The average molecular weight is 655 g/mol. The molecule has 5 aliphatic rings. The number of urea groups is 1. The molecule has 47 heavy (non-hydrogen) atoms. The minimum atomic E-state index is -1.16. The van der Waals surface area contributed by atoms with Crippen LogP contribution in [-0.4, -0.2) is 46.5 Å². The Balaban J connectivity index is 1.45. The smallest absolute Gasteiger partial charge is 0.315 e. The van der Waals surface area contributed by atoms with Crippen LogP contribution in [-0.2, 0) is 19.1 Å². The fourth-order valence-electron chi connectivity index (χ4n) is 12.1. The van der Waals surface area contributed by atoms with Gasteiger partial charge in [0.1, 0.15) is 6.10 Å². The van der Waals surface area contributed by atoms with E-state index in [9.17, 15) is 24.3 Å². The summed E-state index contributed by atoms with van der Waals surface area (Å²) in [7, 11) is 0. The quantitative estimate of drug-likeness (QED) is 0.241. The van der Waals surface area contributed by atoms with Gasteiger partial charge < -0.3 is 20.5 Å². The van der Waals surface area contributed by atoms with Gasteiger partial charge in [-0.2, -0.15) is 0 Å². The van der Waals surface area contributed by atoms with E-state index in [0.29, 0.717) is 18.3 Å². The van der Waals surface area contributed by atoms with E-state index in [1.54, 1.807) is 13.8 Å². The third-order valence-electron chi connectivity index (χ3n) is 14.6. The number of esters is 1. The Morgan fingerprint density at radius 3 is 2.15 bits per heavy atom. The molecule has 2 amide bonds. The van der Waals surface area contributed by atoms with Crippen LogP contribution in [0.1, 0.15) is 140 Å². The van der Waals surface area contributed by atoms with Crippen molar-refractivity contribution in [1.29, 1.82) is 0 Å².